The van der Waals surface area contributed by atoms with Crippen molar-refractivity contribution < 1.29 is 22.4 Å². The molecular weight excluding hydrogens is 494 g/mol. The van der Waals surface area contributed by atoms with Gasteiger partial charge in [0.05, 0.1) is 4.90 Å². The van der Waals surface area contributed by atoms with Crippen molar-refractivity contribution in [3.63, 3.8) is 0 Å². The zero-order chi connectivity index (χ0) is 22.7. The van der Waals surface area contributed by atoms with Crippen LogP contribution in [0.3, 0.4) is 0 Å². The first-order chi connectivity index (χ1) is 15.3. The molecule has 0 aliphatic carbocycles. The van der Waals surface area contributed by atoms with Gasteiger partial charge in [0.25, 0.3) is 5.91 Å². The van der Waals surface area contributed by atoms with Crippen molar-refractivity contribution in [3.05, 3.63) is 112 Å². The number of anilines is 1. The number of carbonyl (C=O) groups excluding carboxylic acids is 2. The maximum absolute atomic E-state index is 12.7. The topological polar surface area (TPSA) is 93.5 Å². The second kappa shape index (κ2) is 8.94. The number of amides is 1. The SMILES string of the molecule is O=C(c1ccccc1)c1cccc(NC(=O)c2ccc(S(=O)(=O)c3ccc(Br)cc3)o2)c1. The summed E-state index contributed by atoms with van der Waals surface area (Å²) in [5.74, 6) is -0.977. The molecule has 6 nitrogen and oxygen atoms in total. The van der Waals surface area contributed by atoms with Gasteiger partial charge in [-0.25, -0.2) is 8.42 Å². The normalized spacial score (nSPS) is 11.2. The molecule has 0 spiro atoms. The second-order valence-electron chi connectivity index (χ2n) is 6.81. The van der Waals surface area contributed by atoms with Gasteiger partial charge in [-0.3, -0.25) is 9.59 Å². The van der Waals surface area contributed by atoms with Crippen LogP contribution in [0.2, 0.25) is 0 Å². The Kier molecular flexibility index (Phi) is 6.07. The van der Waals surface area contributed by atoms with E-state index in [2.05, 4.69) is 21.2 Å². The van der Waals surface area contributed by atoms with Crippen LogP contribution in [0, 0.1) is 0 Å². The Labute approximate surface area is 192 Å². The van der Waals surface area contributed by atoms with Gasteiger partial charge in [0.2, 0.25) is 14.9 Å². The molecule has 4 aromatic rings. The molecule has 0 aliphatic rings. The first-order valence-corrected chi connectivity index (χ1v) is 11.7. The van der Waals surface area contributed by atoms with Crippen molar-refractivity contribution in [3.8, 4) is 0 Å². The number of halogens is 1. The molecule has 8 heteroatoms. The molecular formula is C24H16BrNO5S. The van der Waals surface area contributed by atoms with Gasteiger partial charge in [-0.05, 0) is 48.5 Å². The molecule has 160 valence electrons. The number of hydrogen-bond donors (Lipinski definition) is 1. The third-order valence-electron chi connectivity index (χ3n) is 4.61. The minimum atomic E-state index is -3.90. The quantitative estimate of drug-likeness (QED) is 0.353. The van der Waals surface area contributed by atoms with Crippen LogP contribution >= 0.6 is 15.9 Å². The van der Waals surface area contributed by atoms with E-state index in [9.17, 15) is 18.0 Å². The molecule has 1 N–H and O–H groups in total. The number of hydrogen-bond acceptors (Lipinski definition) is 5. The van der Waals surface area contributed by atoms with E-state index < -0.39 is 15.7 Å². The van der Waals surface area contributed by atoms with Crippen molar-refractivity contribution in [1.29, 1.82) is 0 Å². The third kappa shape index (κ3) is 4.56. The van der Waals surface area contributed by atoms with Crippen LogP contribution in [-0.2, 0) is 9.84 Å². The molecule has 3 aromatic carbocycles. The van der Waals surface area contributed by atoms with E-state index in [1.165, 1.54) is 24.3 Å². The van der Waals surface area contributed by atoms with Gasteiger partial charge in [0.1, 0.15) is 0 Å². The Bertz CT molecular complexity index is 1390. The first-order valence-electron chi connectivity index (χ1n) is 9.46. The monoisotopic (exact) mass is 509 g/mol. The van der Waals surface area contributed by atoms with Crippen molar-refractivity contribution in [1.82, 2.24) is 0 Å². The molecule has 0 aliphatic heterocycles. The largest absolute Gasteiger partial charge is 0.439 e. The van der Waals surface area contributed by atoms with E-state index >= 15 is 0 Å². The summed E-state index contributed by atoms with van der Waals surface area (Å²) in [6.45, 7) is 0. The predicted molar refractivity (Wildman–Crippen MR) is 123 cm³/mol. The average molecular weight is 510 g/mol. The minimum Gasteiger partial charge on any atom is -0.439 e. The number of furan rings is 1. The number of rotatable bonds is 6. The predicted octanol–water partition coefficient (Wildman–Crippen LogP) is 5.36. The third-order valence-corrected chi connectivity index (χ3v) is 6.78. The van der Waals surface area contributed by atoms with Gasteiger partial charge < -0.3 is 9.73 Å². The number of sulfone groups is 1. The van der Waals surface area contributed by atoms with Gasteiger partial charge in [0.15, 0.2) is 11.5 Å². The fourth-order valence-electron chi connectivity index (χ4n) is 3.00. The summed E-state index contributed by atoms with van der Waals surface area (Å²) < 4.78 is 31.5. The van der Waals surface area contributed by atoms with Crippen LogP contribution in [0.15, 0.2) is 110 Å². The number of benzene rings is 3. The zero-order valence-corrected chi connectivity index (χ0v) is 18.9. The Hall–Kier alpha value is -3.49. The summed E-state index contributed by atoms with van der Waals surface area (Å²) in [5.41, 5.74) is 1.32. The molecule has 0 saturated carbocycles. The summed E-state index contributed by atoms with van der Waals surface area (Å²) in [6, 6.07) is 23.9. The highest BCUT2D eigenvalue weighted by molar-refractivity contribution is 9.10. The van der Waals surface area contributed by atoms with E-state index in [0.29, 0.717) is 16.8 Å². The average Bonchev–Trinajstić information content (AvgIpc) is 3.31. The molecule has 1 heterocycles. The van der Waals surface area contributed by atoms with E-state index in [-0.39, 0.29) is 21.5 Å². The molecule has 1 amide bonds. The van der Waals surface area contributed by atoms with E-state index in [1.54, 1.807) is 60.7 Å². The first kappa shape index (κ1) is 21.7. The zero-order valence-electron chi connectivity index (χ0n) is 16.5. The molecule has 0 bridgehead atoms. The Morgan fingerprint density at radius 2 is 1.47 bits per heavy atom. The van der Waals surface area contributed by atoms with Crippen molar-refractivity contribution in [2.75, 3.05) is 5.32 Å². The number of nitrogens with one attached hydrogen (secondary N) is 1. The molecule has 0 fully saturated rings. The maximum Gasteiger partial charge on any atom is 0.291 e. The standard InChI is InChI=1S/C24H16BrNO5S/c25-18-9-11-20(12-10-18)32(29,30)22-14-13-21(31-22)24(28)26-19-8-4-7-17(15-19)23(27)16-5-2-1-3-6-16/h1-15H,(H,26,28). The summed E-state index contributed by atoms with van der Waals surface area (Å²) in [7, 11) is -3.90. The Morgan fingerprint density at radius 3 is 2.19 bits per heavy atom. The van der Waals surface area contributed by atoms with E-state index in [0.717, 1.165) is 4.47 Å². The van der Waals surface area contributed by atoms with E-state index in [4.69, 9.17) is 4.42 Å². The summed E-state index contributed by atoms with van der Waals surface area (Å²) >= 11 is 3.26. The van der Waals surface area contributed by atoms with Gasteiger partial charge in [-0.15, -0.1) is 0 Å². The molecule has 4 rings (SSSR count). The summed E-state index contributed by atoms with van der Waals surface area (Å²) in [4.78, 5) is 25.3. The van der Waals surface area contributed by atoms with Crippen LogP contribution in [-0.4, -0.2) is 20.1 Å². The van der Waals surface area contributed by atoms with Gasteiger partial charge in [-0.1, -0.05) is 58.4 Å². The minimum absolute atomic E-state index is 0.0501. The lowest BCUT2D eigenvalue weighted by atomic mass is 10.0. The lowest BCUT2D eigenvalue weighted by Gasteiger charge is -2.06. The summed E-state index contributed by atoms with van der Waals surface area (Å²) in [6.07, 6.45) is 0. The van der Waals surface area contributed by atoms with Gasteiger partial charge >= 0.3 is 0 Å². The van der Waals surface area contributed by atoms with Crippen LogP contribution < -0.4 is 5.32 Å². The number of ketones is 1. The maximum atomic E-state index is 12.7. The Balaban J connectivity index is 1.53. The van der Waals surface area contributed by atoms with Crippen LogP contribution in [0.25, 0.3) is 0 Å². The van der Waals surface area contributed by atoms with Crippen molar-refractivity contribution >= 4 is 43.1 Å². The highest BCUT2D eigenvalue weighted by Gasteiger charge is 2.23. The van der Waals surface area contributed by atoms with Crippen LogP contribution in [0.4, 0.5) is 5.69 Å². The number of carbonyl (C=O) groups is 2. The molecule has 1 aromatic heterocycles. The fraction of sp³-hybridized carbons (Fsp3) is 0. The van der Waals surface area contributed by atoms with E-state index in [1.807, 2.05) is 6.07 Å². The second-order valence-corrected chi connectivity index (χ2v) is 9.60. The smallest absolute Gasteiger partial charge is 0.291 e. The van der Waals surface area contributed by atoms with Crippen LogP contribution in [0.5, 0.6) is 0 Å². The highest BCUT2D eigenvalue weighted by Crippen LogP contribution is 2.25. The highest BCUT2D eigenvalue weighted by atomic mass is 79.9. The van der Waals surface area contributed by atoms with Gasteiger partial charge in [-0.2, -0.15) is 0 Å². The van der Waals surface area contributed by atoms with Gasteiger partial charge in [0, 0.05) is 21.3 Å². The van der Waals surface area contributed by atoms with Crippen molar-refractivity contribution in [2.45, 2.75) is 9.99 Å². The molecule has 32 heavy (non-hydrogen) atoms. The Morgan fingerprint density at radius 1 is 0.781 bits per heavy atom. The lowest BCUT2D eigenvalue weighted by molar-refractivity contribution is 0.0989. The van der Waals surface area contributed by atoms with Crippen molar-refractivity contribution in [2.24, 2.45) is 0 Å². The molecule has 0 saturated heterocycles. The summed E-state index contributed by atoms with van der Waals surface area (Å²) in [5, 5.41) is 2.30. The molecule has 0 radical (unpaired) electrons. The molecule has 0 unspecified atom stereocenters. The van der Waals surface area contributed by atoms with Crippen LogP contribution in [0.1, 0.15) is 26.5 Å². The lowest BCUT2D eigenvalue weighted by Crippen LogP contribution is -2.12. The fourth-order valence-corrected chi connectivity index (χ4v) is 4.44. The molecule has 0 atom stereocenters.